The Morgan fingerprint density at radius 2 is 1.07 bits per heavy atom. The molecule has 10 rings (SSSR count). The minimum Gasteiger partial charge on any atom is -0.306 e. The molecule has 0 unspecified atom stereocenters. The van der Waals surface area contributed by atoms with Crippen LogP contribution in [0.4, 0.5) is 0 Å². The summed E-state index contributed by atoms with van der Waals surface area (Å²) >= 11 is 0. The summed E-state index contributed by atoms with van der Waals surface area (Å²) in [6, 6.07) is 55.9. The third-order valence-electron chi connectivity index (χ3n) is 9.28. The average Bonchev–Trinajstić information content (AvgIpc) is 3.63. The van der Waals surface area contributed by atoms with Crippen molar-refractivity contribution >= 4 is 65.3 Å². The van der Waals surface area contributed by atoms with Crippen LogP contribution in [-0.4, -0.2) is 19.1 Å². The van der Waals surface area contributed by atoms with Gasteiger partial charge in [-0.25, -0.2) is 9.97 Å². The third-order valence-corrected chi connectivity index (χ3v) is 9.28. The van der Waals surface area contributed by atoms with E-state index in [1.54, 1.807) is 0 Å². The number of para-hydroxylation sites is 2. The Morgan fingerprint density at radius 1 is 0.413 bits per heavy atom. The fraction of sp³-hybridized carbons (Fsp3) is 0. The molecule has 0 radical (unpaired) electrons. The zero-order valence-electron chi connectivity index (χ0n) is 24.8. The first kappa shape index (κ1) is 25.1. The highest BCUT2D eigenvalue weighted by Crippen LogP contribution is 2.41. The molecule has 4 heteroatoms. The summed E-state index contributed by atoms with van der Waals surface area (Å²) in [5.41, 5.74) is 8.24. The molecular formula is C42H26N4. The Balaban J connectivity index is 1.42. The number of rotatable bonds is 3. The second-order valence-corrected chi connectivity index (χ2v) is 11.9. The highest BCUT2D eigenvalue weighted by molar-refractivity contribution is 6.21. The largest absolute Gasteiger partial charge is 0.306 e. The van der Waals surface area contributed by atoms with Gasteiger partial charge in [0.05, 0.1) is 22.1 Å². The van der Waals surface area contributed by atoms with E-state index in [0.717, 1.165) is 49.9 Å². The summed E-state index contributed by atoms with van der Waals surface area (Å²) in [6.45, 7) is 0. The molecule has 0 aliphatic carbocycles. The van der Waals surface area contributed by atoms with Crippen LogP contribution in [0.25, 0.3) is 88.2 Å². The quantitative estimate of drug-likeness (QED) is 0.206. The molecule has 46 heavy (non-hydrogen) atoms. The molecule has 0 amide bonds. The van der Waals surface area contributed by atoms with Gasteiger partial charge >= 0.3 is 0 Å². The molecule has 0 aliphatic rings. The molecule has 3 heterocycles. The monoisotopic (exact) mass is 586 g/mol. The lowest BCUT2D eigenvalue weighted by molar-refractivity contribution is 1.01. The molecule has 214 valence electrons. The van der Waals surface area contributed by atoms with Crippen LogP contribution in [0.15, 0.2) is 158 Å². The fourth-order valence-electron chi connectivity index (χ4n) is 7.26. The van der Waals surface area contributed by atoms with Crippen molar-refractivity contribution in [3.63, 3.8) is 0 Å². The first-order valence-corrected chi connectivity index (χ1v) is 15.6. The number of hydrogen-bond acceptors (Lipinski definition) is 2. The summed E-state index contributed by atoms with van der Waals surface area (Å²) in [5.74, 6) is 0.660. The Kier molecular flexibility index (Phi) is 5.25. The zero-order valence-corrected chi connectivity index (χ0v) is 24.8. The van der Waals surface area contributed by atoms with Gasteiger partial charge in [0.1, 0.15) is 11.2 Å². The van der Waals surface area contributed by atoms with Gasteiger partial charge in [0, 0.05) is 27.4 Å². The predicted molar refractivity (Wildman–Crippen MR) is 191 cm³/mol. The molecule has 0 saturated heterocycles. The van der Waals surface area contributed by atoms with Gasteiger partial charge in [0.25, 0.3) is 0 Å². The average molecular weight is 587 g/mol. The highest BCUT2D eigenvalue weighted by atomic mass is 15.2. The van der Waals surface area contributed by atoms with Crippen molar-refractivity contribution in [1.82, 2.24) is 19.1 Å². The normalized spacial score (nSPS) is 11.9. The van der Waals surface area contributed by atoms with Crippen LogP contribution in [0.5, 0.6) is 0 Å². The van der Waals surface area contributed by atoms with E-state index in [4.69, 9.17) is 9.97 Å². The highest BCUT2D eigenvalue weighted by Gasteiger charge is 2.23. The topological polar surface area (TPSA) is 35.6 Å². The smallest absolute Gasteiger partial charge is 0.235 e. The van der Waals surface area contributed by atoms with E-state index in [1.165, 1.54) is 32.3 Å². The second kappa shape index (κ2) is 9.62. The van der Waals surface area contributed by atoms with Crippen molar-refractivity contribution in [2.45, 2.75) is 0 Å². The first-order chi connectivity index (χ1) is 22.8. The summed E-state index contributed by atoms with van der Waals surface area (Å²) < 4.78 is 4.58. The first-order valence-electron chi connectivity index (χ1n) is 15.6. The Labute approximate surface area is 264 Å². The van der Waals surface area contributed by atoms with Gasteiger partial charge in [-0.2, -0.15) is 0 Å². The molecule has 7 aromatic carbocycles. The fourth-order valence-corrected chi connectivity index (χ4v) is 7.26. The summed E-state index contributed by atoms with van der Waals surface area (Å²) in [5, 5.41) is 8.34. The molecule has 3 aromatic heterocycles. The van der Waals surface area contributed by atoms with E-state index in [1.807, 2.05) is 0 Å². The molecule has 0 aliphatic heterocycles. The van der Waals surface area contributed by atoms with Gasteiger partial charge in [0.15, 0.2) is 0 Å². The molecular weight excluding hydrogens is 560 g/mol. The number of benzene rings is 7. The lowest BCUT2D eigenvalue weighted by atomic mass is 10.0. The molecule has 0 atom stereocenters. The minimum absolute atomic E-state index is 0.660. The zero-order chi connectivity index (χ0) is 30.2. The molecule has 0 N–H and O–H groups in total. The van der Waals surface area contributed by atoms with Crippen molar-refractivity contribution in [3.05, 3.63) is 158 Å². The summed E-state index contributed by atoms with van der Waals surface area (Å²) in [6.07, 6.45) is 0. The van der Waals surface area contributed by atoms with Crippen LogP contribution in [0.1, 0.15) is 0 Å². The van der Waals surface area contributed by atoms with Crippen LogP contribution in [-0.2, 0) is 0 Å². The van der Waals surface area contributed by atoms with Gasteiger partial charge in [-0.1, -0.05) is 121 Å². The lowest BCUT2D eigenvalue weighted by Crippen LogP contribution is -2.04. The van der Waals surface area contributed by atoms with Crippen LogP contribution in [0.3, 0.4) is 0 Å². The predicted octanol–water partition coefficient (Wildman–Crippen LogP) is 10.6. The molecule has 0 spiro atoms. The lowest BCUT2D eigenvalue weighted by Gasteiger charge is -2.13. The molecule has 0 saturated carbocycles. The molecule has 0 bridgehead atoms. The molecule has 0 fully saturated rings. The molecule has 4 nitrogen and oxygen atoms in total. The van der Waals surface area contributed by atoms with Gasteiger partial charge < -0.3 is 4.57 Å². The maximum atomic E-state index is 5.50. The minimum atomic E-state index is 0.660. The number of nitrogens with zero attached hydrogens (tertiary/aromatic N) is 4. The van der Waals surface area contributed by atoms with Crippen molar-refractivity contribution < 1.29 is 0 Å². The van der Waals surface area contributed by atoms with Crippen molar-refractivity contribution in [2.75, 3.05) is 0 Å². The Hall–Kier alpha value is -6.26. The molecule has 10 aromatic rings. The van der Waals surface area contributed by atoms with Gasteiger partial charge in [-0.05, 0) is 57.9 Å². The van der Waals surface area contributed by atoms with Crippen molar-refractivity contribution in [3.8, 4) is 22.9 Å². The Bertz CT molecular complexity index is 2790. The van der Waals surface area contributed by atoms with Crippen LogP contribution in [0, 0.1) is 0 Å². The Morgan fingerprint density at radius 3 is 1.87 bits per heavy atom. The van der Waals surface area contributed by atoms with E-state index in [9.17, 15) is 0 Å². The van der Waals surface area contributed by atoms with Crippen molar-refractivity contribution in [1.29, 1.82) is 0 Å². The SMILES string of the molecule is c1ccc(-c2nc(-n3c4ccccc4c4c5ccccc5ccc43)nc3c4cc5ccccc5cc4n(-c4ccccc4)c23)cc1. The summed E-state index contributed by atoms with van der Waals surface area (Å²) in [4.78, 5) is 11.0. The van der Waals surface area contributed by atoms with Gasteiger partial charge in [-0.15, -0.1) is 0 Å². The van der Waals surface area contributed by atoms with Crippen LogP contribution >= 0.6 is 0 Å². The number of hydrogen-bond donors (Lipinski definition) is 0. The summed E-state index contributed by atoms with van der Waals surface area (Å²) in [7, 11) is 0. The second-order valence-electron chi connectivity index (χ2n) is 11.9. The number of fused-ring (bicyclic) bond motifs is 9. The number of aromatic nitrogens is 4. The van der Waals surface area contributed by atoms with E-state index in [0.29, 0.717) is 5.95 Å². The maximum absolute atomic E-state index is 5.50. The van der Waals surface area contributed by atoms with Crippen LogP contribution < -0.4 is 0 Å². The standard InChI is InChI=1S/C42H26N4/c1-3-14-28(15-4-1)39-41-40(34-25-29-16-7-8-17-30(29)26-37(34)45(41)31-18-5-2-6-19-31)44-42(43-39)46-35-22-12-11-21-33(35)38-32-20-10-9-13-27(32)23-24-36(38)46/h1-26H. The van der Waals surface area contributed by atoms with Crippen LogP contribution in [0.2, 0.25) is 0 Å². The third kappa shape index (κ3) is 3.55. The van der Waals surface area contributed by atoms with E-state index < -0.39 is 0 Å². The maximum Gasteiger partial charge on any atom is 0.235 e. The van der Waals surface area contributed by atoms with E-state index in [-0.39, 0.29) is 0 Å². The van der Waals surface area contributed by atoms with Gasteiger partial charge in [0.2, 0.25) is 5.95 Å². The van der Waals surface area contributed by atoms with Gasteiger partial charge in [-0.3, -0.25) is 4.57 Å². The van der Waals surface area contributed by atoms with E-state index in [2.05, 4.69) is 167 Å². The van der Waals surface area contributed by atoms with E-state index >= 15 is 0 Å². The van der Waals surface area contributed by atoms with Crippen molar-refractivity contribution in [2.24, 2.45) is 0 Å².